The van der Waals surface area contributed by atoms with E-state index < -0.39 is 89.1 Å². The van der Waals surface area contributed by atoms with E-state index in [0.717, 1.165) is 20.8 Å². The summed E-state index contributed by atoms with van der Waals surface area (Å²) >= 11 is 0. The van der Waals surface area contributed by atoms with Gasteiger partial charge in [0.25, 0.3) is 0 Å². The molecule has 0 rings (SSSR count). The van der Waals surface area contributed by atoms with Gasteiger partial charge < -0.3 is 13.3 Å². The standard InChI is InChI=1S/C10H15F9N2O10S3Si/c1-4-29-35(30-5-2,31-6-3)21(34(27,28)10(17,18)19)7(22)20(32(23,24)8(11,12)13)33(25,26)9(14,15)16/h4-6H2,1-3H3. The van der Waals surface area contributed by atoms with E-state index in [-0.39, 0.29) is 0 Å². The van der Waals surface area contributed by atoms with Crippen LogP contribution in [0.3, 0.4) is 0 Å². The van der Waals surface area contributed by atoms with Gasteiger partial charge in [0.05, 0.1) is 0 Å². The maximum absolute atomic E-state index is 13.3. The fraction of sp³-hybridized carbons (Fsp3) is 0.900. The second kappa shape index (κ2) is 10.5. The average Bonchev–Trinajstić information content (AvgIpc) is 2.58. The minimum Gasteiger partial charge on any atom is -0.356 e. The van der Waals surface area contributed by atoms with Crippen molar-refractivity contribution in [1.82, 2.24) is 7.68 Å². The van der Waals surface area contributed by atoms with E-state index >= 15 is 0 Å². The first-order chi connectivity index (χ1) is 15.3. The Morgan fingerprint density at radius 1 is 0.629 bits per heavy atom. The number of amides is 2. The number of carbonyl (C=O) groups is 1. The zero-order valence-electron chi connectivity index (χ0n) is 17.2. The van der Waals surface area contributed by atoms with E-state index in [4.69, 9.17) is 0 Å². The van der Waals surface area contributed by atoms with Gasteiger partial charge in [0.1, 0.15) is 0 Å². The molecule has 0 saturated heterocycles. The Morgan fingerprint density at radius 3 is 1.09 bits per heavy atom. The number of halogens is 9. The number of sulfonamides is 3. The first kappa shape index (κ1) is 33.6. The van der Waals surface area contributed by atoms with Gasteiger partial charge in [0.15, 0.2) is 0 Å². The third-order valence-electron chi connectivity index (χ3n) is 3.11. The minimum absolute atomic E-state index is 0.860. The SMILES string of the molecule is CCO[Si](OCC)(OCC)N(C(=O)N(S(=O)(=O)C(F)(F)F)S(=O)(=O)C(F)(F)F)S(=O)(=O)C(F)(F)F. The van der Waals surface area contributed by atoms with Crippen LogP contribution in [0.5, 0.6) is 0 Å². The highest BCUT2D eigenvalue weighted by molar-refractivity contribution is 8.05. The zero-order valence-corrected chi connectivity index (χ0v) is 20.7. The van der Waals surface area contributed by atoms with Gasteiger partial charge in [-0.25, -0.2) is 4.79 Å². The lowest BCUT2D eigenvalue weighted by Crippen LogP contribution is -2.70. The molecule has 0 aliphatic heterocycles. The molecule has 25 heteroatoms. The normalized spacial score (nSPS) is 14.6. The number of nitrogens with zero attached hydrogens (tertiary/aromatic N) is 2. The van der Waals surface area contributed by atoms with Gasteiger partial charge in [0, 0.05) is 19.8 Å². The van der Waals surface area contributed by atoms with Crippen molar-refractivity contribution in [3.8, 4) is 0 Å². The van der Waals surface area contributed by atoms with Crippen molar-refractivity contribution < 1.29 is 82.8 Å². The predicted octanol–water partition coefficient (Wildman–Crippen LogP) is 1.80. The van der Waals surface area contributed by atoms with Crippen LogP contribution in [0.2, 0.25) is 0 Å². The van der Waals surface area contributed by atoms with Crippen LogP contribution in [-0.4, -0.2) is 84.3 Å². The summed E-state index contributed by atoms with van der Waals surface area (Å²) in [6.07, 6.45) is 0. The van der Waals surface area contributed by atoms with Crippen LogP contribution in [-0.2, 0) is 43.3 Å². The summed E-state index contributed by atoms with van der Waals surface area (Å²) in [6.45, 7) is -0.373. The highest BCUT2D eigenvalue weighted by Crippen LogP contribution is 2.39. The molecule has 0 spiro atoms. The molecule has 0 fully saturated rings. The second-order valence-corrected chi connectivity index (χ2v) is 13.7. The van der Waals surface area contributed by atoms with Crippen LogP contribution in [0.1, 0.15) is 20.8 Å². The van der Waals surface area contributed by atoms with Gasteiger partial charge in [-0.05, 0) is 20.8 Å². The molecule has 0 unspecified atom stereocenters. The van der Waals surface area contributed by atoms with E-state index in [1.165, 1.54) is 0 Å². The average molecular weight is 619 g/mol. The zero-order chi connectivity index (χ0) is 28.5. The molecule has 0 aromatic rings. The Labute approximate surface area is 193 Å². The molecule has 0 heterocycles. The molecular weight excluding hydrogens is 603 g/mol. The van der Waals surface area contributed by atoms with Crippen LogP contribution in [0.25, 0.3) is 0 Å². The van der Waals surface area contributed by atoms with Crippen LogP contribution < -0.4 is 0 Å². The van der Waals surface area contributed by atoms with Crippen molar-refractivity contribution in [3.63, 3.8) is 0 Å². The number of urea groups is 1. The number of alkyl halides is 9. The maximum Gasteiger partial charge on any atom is 0.652 e. The van der Waals surface area contributed by atoms with E-state index in [1.54, 1.807) is 0 Å². The summed E-state index contributed by atoms with van der Waals surface area (Å²) in [7, 11) is -29.9. The van der Waals surface area contributed by atoms with Crippen molar-refractivity contribution in [2.45, 2.75) is 37.3 Å². The van der Waals surface area contributed by atoms with Gasteiger partial charge in [-0.2, -0.15) is 68.7 Å². The fourth-order valence-corrected chi connectivity index (χ4v) is 9.14. The third-order valence-corrected chi connectivity index (χ3v) is 11.9. The van der Waals surface area contributed by atoms with Crippen molar-refractivity contribution in [3.05, 3.63) is 0 Å². The molecule has 0 atom stereocenters. The summed E-state index contributed by atoms with van der Waals surface area (Å²) in [4.78, 5) is 12.6. The molecular formula is C10H15F9N2O10S3Si. The number of carbonyl (C=O) groups excluding carboxylic acids is 1. The molecule has 0 aromatic heterocycles. The third kappa shape index (κ3) is 6.30. The van der Waals surface area contributed by atoms with Gasteiger partial charge in [-0.3, -0.25) is 0 Å². The number of hydrogen-bond acceptors (Lipinski definition) is 10. The molecule has 2 amide bonds. The van der Waals surface area contributed by atoms with Gasteiger partial charge >= 0.3 is 61.6 Å². The fourth-order valence-electron chi connectivity index (χ4n) is 1.92. The van der Waals surface area contributed by atoms with E-state index in [1.807, 2.05) is 0 Å². The summed E-state index contributed by atoms with van der Waals surface area (Å²) in [5, 5.41) is 0. The molecule has 0 aliphatic carbocycles. The van der Waals surface area contributed by atoms with Gasteiger partial charge in [-0.15, -0.1) is 0 Å². The Kier molecular flexibility index (Phi) is 10.1. The van der Waals surface area contributed by atoms with E-state index in [0.29, 0.717) is 0 Å². The Hall–Kier alpha value is -1.41. The predicted molar refractivity (Wildman–Crippen MR) is 94.6 cm³/mol. The molecule has 0 aliphatic rings. The number of rotatable bonds is 10. The summed E-state index contributed by atoms with van der Waals surface area (Å²) in [5.74, 6) is 0. The van der Waals surface area contributed by atoms with Crippen molar-refractivity contribution in [2.75, 3.05) is 19.8 Å². The highest BCUT2D eigenvalue weighted by Gasteiger charge is 2.72. The van der Waals surface area contributed by atoms with Crippen LogP contribution in [0, 0.1) is 0 Å². The second-order valence-electron chi connectivity index (χ2n) is 5.42. The van der Waals surface area contributed by atoms with Crippen LogP contribution in [0.4, 0.5) is 44.3 Å². The molecule has 210 valence electrons. The van der Waals surface area contributed by atoms with Crippen molar-refractivity contribution in [2.24, 2.45) is 0 Å². The van der Waals surface area contributed by atoms with Gasteiger partial charge in [-0.1, -0.05) is 3.71 Å². The smallest absolute Gasteiger partial charge is 0.356 e. The number of hydrogen-bond donors (Lipinski definition) is 0. The largest absolute Gasteiger partial charge is 0.652 e. The topological polar surface area (TPSA) is 154 Å². The molecule has 35 heavy (non-hydrogen) atoms. The highest BCUT2D eigenvalue weighted by atomic mass is 32.3. The first-order valence-corrected chi connectivity index (χ1v) is 14.3. The van der Waals surface area contributed by atoms with Crippen molar-refractivity contribution in [1.29, 1.82) is 0 Å². The van der Waals surface area contributed by atoms with E-state index in [2.05, 4.69) is 13.3 Å². The molecule has 12 nitrogen and oxygen atoms in total. The Balaban J connectivity index is 7.94. The molecule has 0 bridgehead atoms. The lowest BCUT2D eigenvalue weighted by atomic mass is 10.9. The molecule has 0 N–H and O–H groups in total. The summed E-state index contributed by atoms with van der Waals surface area (Å²) in [6, 6.07) is -4.03. The molecule has 0 aromatic carbocycles. The Bertz CT molecular complexity index is 1030. The van der Waals surface area contributed by atoms with Gasteiger partial charge in [0.2, 0.25) is 0 Å². The van der Waals surface area contributed by atoms with Crippen LogP contribution >= 0.6 is 0 Å². The lowest BCUT2D eigenvalue weighted by Gasteiger charge is -2.38. The summed E-state index contributed by atoms with van der Waals surface area (Å²) in [5.41, 5.74) is -20.9. The molecule has 0 radical (unpaired) electrons. The Morgan fingerprint density at radius 2 is 0.886 bits per heavy atom. The van der Waals surface area contributed by atoms with Crippen LogP contribution in [0.15, 0.2) is 0 Å². The lowest BCUT2D eigenvalue weighted by molar-refractivity contribution is -0.0534. The minimum atomic E-state index is -8.08. The van der Waals surface area contributed by atoms with Crippen molar-refractivity contribution >= 4 is 45.1 Å². The maximum atomic E-state index is 13.3. The quantitative estimate of drug-likeness (QED) is 0.262. The monoisotopic (exact) mass is 618 g/mol. The van der Waals surface area contributed by atoms with E-state index in [9.17, 15) is 69.6 Å². The first-order valence-electron chi connectivity index (χ1n) is 8.34. The summed E-state index contributed by atoms with van der Waals surface area (Å²) < 4.78 is 197. The molecule has 0 saturated carbocycles.